The minimum Gasteiger partial charge on any atom is -0.506 e. The van der Waals surface area contributed by atoms with Gasteiger partial charge in [0.2, 0.25) is 0 Å². The van der Waals surface area contributed by atoms with Gasteiger partial charge in [0.25, 0.3) is 0 Å². The molecule has 0 aromatic heterocycles. The summed E-state index contributed by atoms with van der Waals surface area (Å²) in [6.07, 6.45) is 0.789. The van der Waals surface area contributed by atoms with Crippen molar-refractivity contribution in [2.24, 2.45) is 0 Å². The largest absolute Gasteiger partial charge is 0.506 e. The molecule has 6 heteroatoms. The summed E-state index contributed by atoms with van der Waals surface area (Å²) in [5, 5.41) is 23.4. The van der Waals surface area contributed by atoms with Gasteiger partial charge in [0.05, 0.1) is 11.3 Å². The number of amides is 2. The SMILES string of the molecule is CCC(C)NC(=O)Nc1ccc(C(=O)O)cc1O. The van der Waals surface area contributed by atoms with E-state index in [1.54, 1.807) is 0 Å². The third-order valence-corrected chi connectivity index (χ3v) is 2.48. The molecule has 98 valence electrons. The lowest BCUT2D eigenvalue weighted by Crippen LogP contribution is -2.35. The molecule has 6 nitrogen and oxygen atoms in total. The second-order valence-corrected chi connectivity index (χ2v) is 3.94. The van der Waals surface area contributed by atoms with Crippen LogP contribution in [0.2, 0.25) is 0 Å². The highest BCUT2D eigenvalue weighted by Gasteiger charge is 2.11. The molecule has 0 saturated carbocycles. The maximum Gasteiger partial charge on any atom is 0.335 e. The summed E-state index contributed by atoms with van der Waals surface area (Å²) in [6.45, 7) is 3.79. The normalized spacial score (nSPS) is 11.7. The number of phenols is 1. The third kappa shape index (κ3) is 3.65. The number of hydrogen-bond acceptors (Lipinski definition) is 3. The zero-order chi connectivity index (χ0) is 13.7. The van der Waals surface area contributed by atoms with Crippen LogP contribution in [0, 0.1) is 0 Å². The zero-order valence-electron chi connectivity index (χ0n) is 10.2. The Morgan fingerprint density at radius 2 is 2.06 bits per heavy atom. The minimum absolute atomic E-state index is 0.0189. The quantitative estimate of drug-likeness (QED) is 0.616. The Hall–Kier alpha value is -2.24. The van der Waals surface area contributed by atoms with Crippen molar-refractivity contribution in [1.82, 2.24) is 5.32 Å². The van der Waals surface area contributed by atoms with E-state index < -0.39 is 12.0 Å². The second kappa shape index (κ2) is 5.90. The summed E-state index contributed by atoms with van der Waals surface area (Å²) in [7, 11) is 0. The van der Waals surface area contributed by atoms with Crippen LogP contribution in [0.1, 0.15) is 30.6 Å². The number of benzene rings is 1. The van der Waals surface area contributed by atoms with Crippen molar-refractivity contribution in [3.8, 4) is 5.75 Å². The molecule has 1 aromatic carbocycles. The van der Waals surface area contributed by atoms with Crippen molar-refractivity contribution >= 4 is 17.7 Å². The van der Waals surface area contributed by atoms with Gasteiger partial charge in [0.1, 0.15) is 5.75 Å². The molecule has 0 saturated heterocycles. The predicted octanol–water partition coefficient (Wildman–Crippen LogP) is 2.01. The summed E-state index contributed by atoms with van der Waals surface area (Å²) in [5.41, 5.74) is 0.126. The minimum atomic E-state index is -1.14. The van der Waals surface area contributed by atoms with Crippen LogP contribution >= 0.6 is 0 Å². The monoisotopic (exact) mass is 252 g/mol. The Morgan fingerprint density at radius 1 is 1.39 bits per heavy atom. The number of aromatic carboxylic acids is 1. The van der Waals surface area contributed by atoms with Gasteiger partial charge in [-0.05, 0) is 31.5 Å². The van der Waals surface area contributed by atoms with Crippen molar-refractivity contribution in [2.45, 2.75) is 26.3 Å². The number of anilines is 1. The molecule has 0 fully saturated rings. The fourth-order valence-corrected chi connectivity index (χ4v) is 1.25. The topological polar surface area (TPSA) is 98.7 Å². The van der Waals surface area contributed by atoms with Gasteiger partial charge in [-0.15, -0.1) is 0 Å². The summed E-state index contributed by atoms with van der Waals surface area (Å²) in [5.74, 6) is -1.42. The van der Waals surface area contributed by atoms with E-state index in [1.807, 2.05) is 13.8 Å². The summed E-state index contributed by atoms with van der Waals surface area (Å²) in [6, 6.07) is 3.31. The molecule has 0 radical (unpaired) electrons. The van der Waals surface area contributed by atoms with Gasteiger partial charge in [-0.25, -0.2) is 9.59 Å². The second-order valence-electron chi connectivity index (χ2n) is 3.94. The molecule has 1 atom stereocenters. The van der Waals surface area contributed by atoms with E-state index in [2.05, 4.69) is 10.6 Å². The summed E-state index contributed by atoms with van der Waals surface area (Å²) >= 11 is 0. The van der Waals surface area contributed by atoms with E-state index in [9.17, 15) is 14.7 Å². The van der Waals surface area contributed by atoms with Gasteiger partial charge in [-0.1, -0.05) is 6.92 Å². The third-order valence-electron chi connectivity index (χ3n) is 2.48. The smallest absolute Gasteiger partial charge is 0.335 e. The Morgan fingerprint density at radius 3 is 2.56 bits per heavy atom. The average Bonchev–Trinajstić information content (AvgIpc) is 2.31. The van der Waals surface area contributed by atoms with E-state index in [1.165, 1.54) is 12.1 Å². The standard InChI is InChI=1S/C12H16N2O4/c1-3-7(2)13-12(18)14-9-5-4-8(11(16)17)6-10(9)15/h4-7,15H,3H2,1-2H3,(H,16,17)(H2,13,14,18). The maximum atomic E-state index is 11.5. The van der Waals surface area contributed by atoms with Gasteiger partial charge in [0.15, 0.2) is 0 Å². The number of rotatable bonds is 4. The molecule has 18 heavy (non-hydrogen) atoms. The predicted molar refractivity (Wildman–Crippen MR) is 67.0 cm³/mol. The molecule has 2 amide bonds. The van der Waals surface area contributed by atoms with Gasteiger partial charge in [-0.3, -0.25) is 0 Å². The number of hydrogen-bond donors (Lipinski definition) is 4. The van der Waals surface area contributed by atoms with Gasteiger partial charge in [-0.2, -0.15) is 0 Å². The van der Waals surface area contributed by atoms with Gasteiger partial charge >= 0.3 is 12.0 Å². The molecular formula is C12H16N2O4. The highest BCUT2D eigenvalue weighted by atomic mass is 16.4. The Labute approximate surface area is 105 Å². The average molecular weight is 252 g/mol. The van der Waals surface area contributed by atoms with Crippen LogP contribution < -0.4 is 10.6 Å². The summed E-state index contributed by atoms with van der Waals surface area (Å²) < 4.78 is 0. The highest BCUT2D eigenvalue weighted by Crippen LogP contribution is 2.24. The molecule has 1 rings (SSSR count). The number of carbonyl (C=O) groups is 2. The number of aromatic hydroxyl groups is 1. The number of carboxylic acid groups (broad SMARTS) is 1. The molecule has 1 unspecified atom stereocenters. The fraction of sp³-hybridized carbons (Fsp3) is 0.333. The fourth-order valence-electron chi connectivity index (χ4n) is 1.25. The van der Waals surface area contributed by atoms with Crippen LogP contribution in [-0.2, 0) is 0 Å². The van der Waals surface area contributed by atoms with Crippen molar-refractivity contribution in [3.05, 3.63) is 23.8 Å². The Balaban J connectivity index is 2.74. The van der Waals surface area contributed by atoms with E-state index in [-0.39, 0.29) is 23.0 Å². The molecule has 0 bridgehead atoms. The van der Waals surface area contributed by atoms with Gasteiger partial charge in [0, 0.05) is 6.04 Å². The lowest BCUT2D eigenvalue weighted by atomic mass is 10.2. The van der Waals surface area contributed by atoms with Crippen LogP contribution in [0.25, 0.3) is 0 Å². The number of urea groups is 1. The van der Waals surface area contributed by atoms with Gasteiger partial charge < -0.3 is 20.8 Å². The zero-order valence-corrected chi connectivity index (χ0v) is 10.2. The number of carboxylic acids is 1. The molecule has 0 spiro atoms. The van der Waals surface area contributed by atoms with Crippen LogP contribution in [0.4, 0.5) is 10.5 Å². The molecule has 1 aromatic rings. The molecule has 0 aliphatic rings. The first kappa shape index (κ1) is 13.8. The molecule has 4 N–H and O–H groups in total. The molecule has 0 aliphatic heterocycles. The van der Waals surface area contributed by atoms with Crippen molar-refractivity contribution < 1.29 is 19.8 Å². The van der Waals surface area contributed by atoms with Crippen LogP contribution in [0.3, 0.4) is 0 Å². The highest BCUT2D eigenvalue weighted by molar-refractivity contribution is 5.93. The molecular weight excluding hydrogens is 236 g/mol. The Kier molecular flexibility index (Phi) is 4.53. The van der Waals surface area contributed by atoms with E-state index in [0.717, 1.165) is 12.5 Å². The lowest BCUT2D eigenvalue weighted by molar-refractivity contribution is 0.0696. The van der Waals surface area contributed by atoms with E-state index in [0.29, 0.717) is 0 Å². The number of nitrogens with one attached hydrogen (secondary N) is 2. The first-order chi connectivity index (χ1) is 8.43. The summed E-state index contributed by atoms with van der Waals surface area (Å²) in [4.78, 5) is 22.2. The van der Waals surface area contributed by atoms with Crippen LogP contribution in [0.5, 0.6) is 5.75 Å². The lowest BCUT2D eigenvalue weighted by Gasteiger charge is -2.13. The van der Waals surface area contributed by atoms with Crippen LogP contribution in [-0.4, -0.2) is 28.3 Å². The van der Waals surface area contributed by atoms with Crippen LogP contribution in [0.15, 0.2) is 18.2 Å². The van der Waals surface area contributed by atoms with Crippen molar-refractivity contribution in [1.29, 1.82) is 0 Å². The maximum absolute atomic E-state index is 11.5. The van der Waals surface area contributed by atoms with E-state index in [4.69, 9.17) is 5.11 Å². The molecule has 0 heterocycles. The molecule has 0 aliphatic carbocycles. The van der Waals surface area contributed by atoms with E-state index >= 15 is 0 Å². The van der Waals surface area contributed by atoms with Crippen molar-refractivity contribution in [3.63, 3.8) is 0 Å². The Bertz CT molecular complexity index is 459. The number of phenolic OH excluding ortho intramolecular Hbond substituents is 1. The number of carbonyl (C=O) groups excluding carboxylic acids is 1. The van der Waals surface area contributed by atoms with Crippen molar-refractivity contribution in [2.75, 3.05) is 5.32 Å². The first-order valence-electron chi connectivity index (χ1n) is 5.57. The first-order valence-corrected chi connectivity index (χ1v) is 5.57.